The molecule has 2 aromatic rings. The number of hydrogen-bond acceptors (Lipinski definition) is 2. The first-order valence-corrected chi connectivity index (χ1v) is 6.79. The topological polar surface area (TPSA) is 43.8 Å². The van der Waals surface area contributed by atoms with Crippen LogP contribution in [0.2, 0.25) is 0 Å². The van der Waals surface area contributed by atoms with E-state index in [2.05, 4.69) is 4.98 Å². The van der Waals surface area contributed by atoms with Crippen LogP contribution in [-0.2, 0) is 12.6 Å². The van der Waals surface area contributed by atoms with E-state index in [0.29, 0.717) is 23.5 Å². The normalized spacial score (nSPS) is 12.1. The lowest BCUT2D eigenvalue weighted by Crippen LogP contribution is -2.09. The number of benzene rings is 1. The van der Waals surface area contributed by atoms with Gasteiger partial charge in [-0.05, 0) is 26.0 Å². The molecule has 1 aromatic carbocycles. The third kappa shape index (κ3) is 2.89. The predicted octanol–water partition coefficient (Wildman–Crippen LogP) is 4.29. The smallest absolute Gasteiger partial charge is 0.383 e. The summed E-state index contributed by atoms with van der Waals surface area (Å²) in [5.41, 5.74) is 6.19. The molecule has 0 fully saturated rings. The van der Waals surface area contributed by atoms with E-state index in [0.717, 1.165) is 18.0 Å². The first-order chi connectivity index (χ1) is 9.75. The SMILES string of the molecule is CCc1nc(-c2cccc(C(F)(F)F)c2)c(N)n1C(C)C. The fourth-order valence-electron chi connectivity index (χ4n) is 2.37. The van der Waals surface area contributed by atoms with Gasteiger partial charge in [-0.1, -0.05) is 19.1 Å². The molecule has 2 N–H and O–H groups in total. The molecule has 1 aromatic heterocycles. The highest BCUT2D eigenvalue weighted by Crippen LogP contribution is 2.34. The molecule has 0 spiro atoms. The number of aromatic nitrogens is 2. The molecule has 0 aliphatic carbocycles. The van der Waals surface area contributed by atoms with Crippen LogP contribution in [0, 0.1) is 0 Å². The van der Waals surface area contributed by atoms with Gasteiger partial charge in [0.1, 0.15) is 17.3 Å². The van der Waals surface area contributed by atoms with Crippen LogP contribution in [0.15, 0.2) is 24.3 Å². The van der Waals surface area contributed by atoms with Crippen molar-refractivity contribution in [3.8, 4) is 11.3 Å². The minimum Gasteiger partial charge on any atom is -0.383 e. The van der Waals surface area contributed by atoms with Crippen LogP contribution >= 0.6 is 0 Å². The minimum absolute atomic E-state index is 0.104. The average Bonchev–Trinajstić information content (AvgIpc) is 2.75. The summed E-state index contributed by atoms with van der Waals surface area (Å²) in [7, 11) is 0. The van der Waals surface area contributed by atoms with Gasteiger partial charge in [-0.2, -0.15) is 13.2 Å². The molecular formula is C15H18F3N3. The monoisotopic (exact) mass is 297 g/mol. The average molecular weight is 297 g/mol. The van der Waals surface area contributed by atoms with Crippen LogP contribution < -0.4 is 5.73 Å². The molecule has 0 radical (unpaired) electrons. The molecule has 21 heavy (non-hydrogen) atoms. The predicted molar refractivity (Wildman–Crippen MR) is 76.8 cm³/mol. The van der Waals surface area contributed by atoms with Crippen LogP contribution in [0.1, 0.15) is 38.2 Å². The van der Waals surface area contributed by atoms with Gasteiger partial charge in [0.2, 0.25) is 0 Å². The quantitative estimate of drug-likeness (QED) is 0.918. The lowest BCUT2D eigenvalue weighted by Gasteiger charge is -2.12. The molecule has 0 saturated heterocycles. The molecule has 0 bridgehead atoms. The zero-order valence-electron chi connectivity index (χ0n) is 12.2. The first-order valence-electron chi connectivity index (χ1n) is 6.79. The maximum absolute atomic E-state index is 12.8. The molecule has 0 aliphatic heterocycles. The summed E-state index contributed by atoms with van der Waals surface area (Å²) in [6.45, 7) is 5.87. The lowest BCUT2D eigenvalue weighted by molar-refractivity contribution is -0.137. The number of imidazole rings is 1. The second-order valence-electron chi connectivity index (χ2n) is 5.16. The summed E-state index contributed by atoms with van der Waals surface area (Å²) < 4.78 is 40.3. The number of rotatable bonds is 3. The van der Waals surface area contributed by atoms with Crippen molar-refractivity contribution in [3.05, 3.63) is 35.7 Å². The maximum Gasteiger partial charge on any atom is 0.416 e. The number of halogens is 3. The molecule has 0 atom stereocenters. The molecule has 0 unspecified atom stereocenters. The van der Waals surface area contributed by atoms with Gasteiger partial charge in [0.05, 0.1) is 5.56 Å². The Kier molecular flexibility index (Phi) is 3.98. The van der Waals surface area contributed by atoms with E-state index in [4.69, 9.17) is 5.73 Å². The molecular weight excluding hydrogens is 279 g/mol. The second kappa shape index (κ2) is 5.42. The second-order valence-corrected chi connectivity index (χ2v) is 5.16. The Balaban J connectivity index is 2.58. The minimum atomic E-state index is -4.38. The number of nitrogen functional groups attached to an aromatic ring is 1. The molecule has 0 amide bonds. The number of alkyl halides is 3. The maximum atomic E-state index is 12.8. The molecule has 2 rings (SSSR count). The van der Waals surface area contributed by atoms with Crippen LogP contribution in [0.3, 0.4) is 0 Å². The van der Waals surface area contributed by atoms with Crippen molar-refractivity contribution in [2.75, 3.05) is 5.73 Å². The Labute approximate surface area is 121 Å². The lowest BCUT2D eigenvalue weighted by atomic mass is 10.1. The first kappa shape index (κ1) is 15.4. The molecule has 3 nitrogen and oxygen atoms in total. The van der Waals surface area contributed by atoms with Crippen LogP contribution in [0.4, 0.5) is 19.0 Å². The van der Waals surface area contributed by atoms with E-state index in [1.807, 2.05) is 25.3 Å². The van der Waals surface area contributed by atoms with Gasteiger partial charge in [0, 0.05) is 18.0 Å². The zero-order valence-corrected chi connectivity index (χ0v) is 12.2. The van der Waals surface area contributed by atoms with Gasteiger partial charge in [0.15, 0.2) is 0 Å². The van der Waals surface area contributed by atoms with Crippen molar-refractivity contribution in [1.82, 2.24) is 9.55 Å². The Hall–Kier alpha value is -1.98. The highest BCUT2D eigenvalue weighted by atomic mass is 19.4. The third-order valence-electron chi connectivity index (χ3n) is 3.32. The van der Waals surface area contributed by atoms with Gasteiger partial charge >= 0.3 is 6.18 Å². The Morgan fingerprint density at radius 3 is 2.43 bits per heavy atom. The van der Waals surface area contributed by atoms with E-state index < -0.39 is 11.7 Å². The van der Waals surface area contributed by atoms with Gasteiger partial charge in [-0.15, -0.1) is 0 Å². The summed E-state index contributed by atoms with van der Waals surface area (Å²) in [4.78, 5) is 4.41. The van der Waals surface area contributed by atoms with Crippen LogP contribution in [-0.4, -0.2) is 9.55 Å². The molecule has 0 saturated carbocycles. The van der Waals surface area contributed by atoms with Crippen LogP contribution in [0.5, 0.6) is 0 Å². The van der Waals surface area contributed by atoms with E-state index >= 15 is 0 Å². The summed E-state index contributed by atoms with van der Waals surface area (Å²) in [5, 5.41) is 0. The fraction of sp³-hybridized carbons (Fsp3) is 0.400. The van der Waals surface area contributed by atoms with Gasteiger partial charge in [-0.25, -0.2) is 4.98 Å². The van der Waals surface area contributed by atoms with Crippen molar-refractivity contribution in [2.45, 2.75) is 39.4 Å². The molecule has 6 heteroatoms. The molecule has 114 valence electrons. The molecule has 1 heterocycles. The number of aryl methyl sites for hydroxylation is 1. The fourth-order valence-corrected chi connectivity index (χ4v) is 2.37. The standard InChI is InChI=1S/C15H18F3N3/c1-4-12-20-13(14(19)21(12)9(2)3)10-6-5-7-11(8-10)15(16,17)18/h5-9H,4,19H2,1-3H3. The number of hydrogen-bond donors (Lipinski definition) is 1. The van der Waals surface area contributed by atoms with Gasteiger partial charge in [0.25, 0.3) is 0 Å². The van der Waals surface area contributed by atoms with Crippen molar-refractivity contribution in [2.24, 2.45) is 0 Å². The highest BCUT2D eigenvalue weighted by molar-refractivity contribution is 5.71. The Bertz CT molecular complexity index is 642. The van der Waals surface area contributed by atoms with Crippen molar-refractivity contribution in [3.63, 3.8) is 0 Å². The number of nitrogens with zero attached hydrogens (tertiary/aromatic N) is 2. The summed E-state index contributed by atoms with van der Waals surface area (Å²) in [5.74, 6) is 1.18. The van der Waals surface area contributed by atoms with Crippen LogP contribution in [0.25, 0.3) is 11.3 Å². The van der Waals surface area contributed by atoms with Crippen molar-refractivity contribution in [1.29, 1.82) is 0 Å². The van der Waals surface area contributed by atoms with Gasteiger partial charge < -0.3 is 10.3 Å². The highest BCUT2D eigenvalue weighted by Gasteiger charge is 2.31. The van der Waals surface area contributed by atoms with Gasteiger partial charge in [-0.3, -0.25) is 0 Å². The number of nitrogens with two attached hydrogens (primary N) is 1. The largest absolute Gasteiger partial charge is 0.416 e. The molecule has 0 aliphatic rings. The van der Waals surface area contributed by atoms with E-state index in [9.17, 15) is 13.2 Å². The Morgan fingerprint density at radius 1 is 1.29 bits per heavy atom. The van der Waals surface area contributed by atoms with Crippen molar-refractivity contribution >= 4 is 5.82 Å². The number of anilines is 1. The van der Waals surface area contributed by atoms with E-state index in [-0.39, 0.29) is 6.04 Å². The van der Waals surface area contributed by atoms with E-state index in [1.165, 1.54) is 6.07 Å². The van der Waals surface area contributed by atoms with Crippen molar-refractivity contribution < 1.29 is 13.2 Å². The third-order valence-corrected chi connectivity index (χ3v) is 3.32. The van der Waals surface area contributed by atoms with E-state index in [1.54, 1.807) is 6.07 Å². The zero-order chi connectivity index (χ0) is 15.8. The summed E-state index contributed by atoms with van der Waals surface area (Å²) in [6, 6.07) is 5.20. The summed E-state index contributed by atoms with van der Waals surface area (Å²) in [6.07, 6.45) is -3.71. The Morgan fingerprint density at radius 2 is 1.95 bits per heavy atom. The summed E-state index contributed by atoms with van der Waals surface area (Å²) >= 11 is 0.